The normalized spacial score (nSPS) is 18.2. The van der Waals surface area contributed by atoms with Gasteiger partial charge in [0.1, 0.15) is 0 Å². The molecule has 0 aliphatic heterocycles. The maximum Gasteiger partial charge on any atom is 0.416 e. The average molecular weight is 405 g/mol. The van der Waals surface area contributed by atoms with E-state index in [1.165, 1.54) is 35.7 Å². The summed E-state index contributed by atoms with van der Waals surface area (Å²) >= 11 is 0. The molecule has 0 saturated heterocycles. The molecule has 0 unspecified atom stereocenters. The van der Waals surface area contributed by atoms with Crippen LogP contribution in [0.15, 0.2) is 35.1 Å². The van der Waals surface area contributed by atoms with Crippen LogP contribution in [0, 0.1) is 18.3 Å². The van der Waals surface area contributed by atoms with Gasteiger partial charge in [-0.15, -0.1) is 0 Å². The lowest BCUT2D eigenvalue weighted by molar-refractivity contribution is -0.137. The van der Waals surface area contributed by atoms with E-state index in [-0.39, 0.29) is 16.8 Å². The van der Waals surface area contributed by atoms with Gasteiger partial charge < -0.3 is 5.32 Å². The number of alkyl halides is 3. The van der Waals surface area contributed by atoms with E-state index in [1.54, 1.807) is 6.92 Å². The van der Waals surface area contributed by atoms with Crippen LogP contribution in [0.2, 0.25) is 0 Å². The fourth-order valence-corrected chi connectivity index (χ4v) is 4.18. The molecule has 8 heteroatoms. The highest BCUT2D eigenvalue weighted by atomic mass is 19.4. The summed E-state index contributed by atoms with van der Waals surface area (Å²) in [5.41, 5.74) is -1.05. The third-order valence-corrected chi connectivity index (χ3v) is 6.13. The zero-order valence-corrected chi connectivity index (χ0v) is 16.1. The SMILES string of the molecule is Cc1cc(=O)c(C(=O)NCC2(C3CC3)CCC2)nn1-c1cccc(C(F)(F)F)c1. The number of rotatable bonds is 5. The van der Waals surface area contributed by atoms with Crippen molar-refractivity contribution in [3.63, 3.8) is 0 Å². The van der Waals surface area contributed by atoms with Crippen molar-refractivity contribution in [3.8, 4) is 5.69 Å². The summed E-state index contributed by atoms with van der Waals surface area (Å²) < 4.78 is 40.3. The van der Waals surface area contributed by atoms with Gasteiger partial charge in [0, 0.05) is 18.3 Å². The van der Waals surface area contributed by atoms with Gasteiger partial charge in [-0.25, -0.2) is 4.68 Å². The predicted molar refractivity (Wildman–Crippen MR) is 101 cm³/mol. The molecule has 1 N–H and O–H groups in total. The first-order chi connectivity index (χ1) is 13.7. The summed E-state index contributed by atoms with van der Waals surface area (Å²) in [4.78, 5) is 25.0. The zero-order chi connectivity index (χ0) is 20.8. The molecular weight excluding hydrogens is 383 g/mol. The minimum atomic E-state index is -4.50. The van der Waals surface area contributed by atoms with Crippen molar-refractivity contribution in [2.75, 3.05) is 6.54 Å². The van der Waals surface area contributed by atoms with E-state index in [4.69, 9.17) is 0 Å². The summed E-state index contributed by atoms with van der Waals surface area (Å²) in [6.07, 6.45) is 1.17. The molecule has 1 heterocycles. The number of hydrogen-bond donors (Lipinski definition) is 1. The molecule has 4 rings (SSSR count). The lowest BCUT2D eigenvalue weighted by Gasteiger charge is -2.42. The molecule has 0 atom stereocenters. The Kier molecular flexibility index (Phi) is 4.75. The molecule has 2 fully saturated rings. The van der Waals surface area contributed by atoms with Crippen LogP contribution in [-0.4, -0.2) is 22.2 Å². The summed E-state index contributed by atoms with van der Waals surface area (Å²) in [5, 5.41) is 6.94. The second kappa shape index (κ2) is 7.00. The maximum absolute atomic E-state index is 13.0. The Labute approximate surface area is 165 Å². The number of carbonyl (C=O) groups is 1. The van der Waals surface area contributed by atoms with E-state index in [1.807, 2.05) is 0 Å². The number of nitrogens with zero attached hydrogens (tertiary/aromatic N) is 2. The van der Waals surface area contributed by atoms with Crippen LogP contribution in [0.4, 0.5) is 13.2 Å². The highest BCUT2D eigenvalue weighted by Gasteiger charge is 2.49. The minimum Gasteiger partial charge on any atom is -0.350 e. The van der Waals surface area contributed by atoms with Crippen LogP contribution in [0.25, 0.3) is 5.69 Å². The monoisotopic (exact) mass is 405 g/mol. The van der Waals surface area contributed by atoms with E-state index < -0.39 is 23.1 Å². The molecule has 29 heavy (non-hydrogen) atoms. The molecule has 2 aliphatic rings. The van der Waals surface area contributed by atoms with Crippen LogP contribution in [0.3, 0.4) is 0 Å². The van der Waals surface area contributed by atoms with Gasteiger partial charge in [-0.05, 0) is 62.1 Å². The zero-order valence-electron chi connectivity index (χ0n) is 16.1. The molecule has 1 aromatic heterocycles. The number of amides is 1. The van der Waals surface area contributed by atoms with Gasteiger partial charge >= 0.3 is 6.18 Å². The van der Waals surface area contributed by atoms with Gasteiger partial charge in [0.25, 0.3) is 5.91 Å². The molecule has 2 aliphatic carbocycles. The summed E-state index contributed by atoms with van der Waals surface area (Å²) in [7, 11) is 0. The molecule has 0 spiro atoms. The Morgan fingerprint density at radius 3 is 2.59 bits per heavy atom. The van der Waals surface area contributed by atoms with Crippen molar-refractivity contribution >= 4 is 5.91 Å². The summed E-state index contributed by atoms with van der Waals surface area (Å²) in [6, 6.07) is 5.86. The Balaban J connectivity index is 1.60. The fourth-order valence-electron chi connectivity index (χ4n) is 4.18. The Hall–Kier alpha value is -2.64. The van der Waals surface area contributed by atoms with Gasteiger partial charge in [-0.3, -0.25) is 9.59 Å². The molecule has 1 aromatic carbocycles. The lowest BCUT2D eigenvalue weighted by Crippen LogP contribution is -2.45. The maximum atomic E-state index is 13.0. The second-order valence-electron chi connectivity index (χ2n) is 8.13. The molecule has 5 nitrogen and oxygen atoms in total. The van der Waals surface area contributed by atoms with Crippen LogP contribution in [-0.2, 0) is 6.18 Å². The quantitative estimate of drug-likeness (QED) is 0.821. The largest absolute Gasteiger partial charge is 0.416 e. The molecule has 0 radical (unpaired) electrons. The average Bonchev–Trinajstić information content (AvgIpc) is 3.45. The minimum absolute atomic E-state index is 0.139. The van der Waals surface area contributed by atoms with Crippen molar-refractivity contribution < 1.29 is 18.0 Å². The number of hydrogen-bond acceptors (Lipinski definition) is 3. The molecule has 2 aromatic rings. The Morgan fingerprint density at radius 2 is 2.00 bits per heavy atom. The molecule has 2 saturated carbocycles. The topological polar surface area (TPSA) is 64.0 Å². The number of halogens is 3. The van der Waals surface area contributed by atoms with Crippen LogP contribution < -0.4 is 10.7 Å². The Bertz CT molecular complexity index is 1000. The summed E-state index contributed by atoms with van der Waals surface area (Å²) in [5.74, 6) is 0.0620. The molecule has 154 valence electrons. The third-order valence-electron chi connectivity index (χ3n) is 6.13. The van der Waals surface area contributed by atoms with Gasteiger partial charge in [-0.2, -0.15) is 18.3 Å². The highest BCUT2D eigenvalue weighted by Crippen LogP contribution is 2.56. The van der Waals surface area contributed by atoms with Crippen molar-refractivity contribution in [1.29, 1.82) is 0 Å². The molecule has 1 amide bonds. The van der Waals surface area contributed by atoms with Crippen LogP contribution in [0.5, 0.6) is 0 Å². The fraction of sp³-hybridized carbons (Fsp3) is 0.476. The number of aryl methyl sites for hydroxylation is 1. The predicted octanol–water partition coefficient (Wildman–Crippen LogP) is 3.87. The van der Waals surface area contributed by atoms with E-state index in [2.05, 4.69) is 10.4 Å². The number of nitrogens with one attached hydrogen (secondary N) is 1. The lowest BCUT2D eigenvalue weighted by atomic mass is 9.65. The van der Waals surface area contributed by atoms with E-state index in [0.29, 0.717) is 18.2 Å². The van der Waals surface area contributed by atoms with E-state index in [9.17, 15) is 22.8 Å². The first-order valence-corrected chi connectivity index (χ1v) is 9.76. The van der Waals surface area contributed by atoms with Crippen molar-refractivity contribution in [1.82, 2.24) is 15.1 Å². The van der Waals surface area contributed by atoms with Crippen molar-refractivity contribution in [2.45, 2.75) is 45.2 Å². The van der Waals surface area contributed by atoms with Crippen LogP contribution in [0.1, 0.15) is 53.8 Å². The smallest absolute Gasteiger partial charge is 0.350 e. The standard InChI is InChI=1S/C21H22F3N3O2/c1-13-10-17(28)18(19(29)25-12-20(8-3-9-20)14-6-7-14)26-27(13)16-5-2-4-15(11-16)21(22,23)24/h2,4-5,10-11,14H,3,6-9,12H2,1H3,(H,25,29). The highest BCUT2D eigenvalue weighted by molar-refractivity contribution is 5.92. The number of aromatic nitrogens is 2. The molecular formula is C21H22F3N3O2. The van der Waals surface area contributed by atoms with Gasteiger partial charge in [0.2, 0.25) is 5.43 Å². The second-order valence-corrected chi connectivity index (χ2v) is 8.13. The number of benzene rings is 1. The number of carbonyl (C=O) groups excluding carboxylic acids is 1. The first kappa shape index (κ1) is 19.7. The Morgan fingerprint density at radius 1 is 1.28 bits per heavy atom. The third kappa shape index (κ3) is 3.80. The van der Waals surface area contributed by atoms with Crippen LogP contribution >= 0.6 is 0 Å². The van der Waals surface area contributed by atoms with Crippen molar-refractivity contribution in [3.05, 3.63) is 57.5 Å². The van der Waals surface area contributed by atoms with Gasteiger partial charge in [0.15, 0.2) is 5.69 Å². The van der Waals surface area contributed by atoms with E-state index in [0.717, 1.165) is 31.4 Å². The molecule has 0 bridgehead atoms. The first-order valence-electron chi connectivity index (χ1n) is 9.76. The van der Waals surface area contributed by atoms with Crippen molar-refractivity contribution in [2.24, 2.45) is 11.3 Å². The van der Waals surface area contributed by atoms with Gasteiger partial charge in [-0.1, -0.05) is 12.5 Å². The summed E-state index contributed by atoms with van der Waals surface area (Å²) in [6.45, 7) is 2.07. The van der Waals surface area contributed by atoms with E-state index >= 15 is 0 Å². The van der Waals surface area contributed by atoms with Gasteiger partial charge in [0.05, 0.1) is 11.3 Å².